The highest BCUT2D eigenvalue weighted by Gasteiger charge is 2.16. The number of rotatable bonds is 6. The zero-order valence-electron chi connectivity index (χ0n) is 8.32. The number of ether oxygens (including phenoxy) is 1. The monoisotopic (exact) mass is 224 g/mol. The second-order valence-electron chi connectivity index (χ2n) is 2.85. The molecule has 3 N–H and O–H groups in total. The van der Waals surface area contributed by atoms with Crippen molar-refractivity contribution in [2.45, 2.75) is 19.4 Å². The van der Waals surface area contributed by atoms with Gasteiger partial charge in [0.25, 0.3) is 0 Å². The van der Waals surface area contributed by atoms with Gasteiger partial charge in [-0.1, -0.05) is 6.92 Å². The van der Waals surface area contributed by atoms with Gasteiger partial charge in [-0.05, 0) is 6.42 Å². The van der Waals surface area contributed by atoms with Gasteiger partial charge in [0.05, 0.1) is 7.11 Å². The first-order valence-corrected chi connectivity index (χ1v) is 5.86. The van der Waals surface area contributed by atoms with Crippen LogP contribution in [-0.4, -0.2) is 39.8 Å². The van der Waals surface area contributed by atoms with E-state index in [2.05, 4.69) is 9.46 Å². The van der Waals surface area contributed by atoms with Gasteiger partial charge in [-0.3, -0.25) is 4.79 Å². The fraction of sp³-hybridized carbons (Fsp3) is 0.857. The van der Waals surface area contributed by atoms with E-state index in [9.17, 15) is 13.2 Å². The number of hydrogen-bond donors (Lipinski definition) is 2. The Morgan fingerprint density at radius 2 is 2.14 bits per heavy atom. The van der Waals surface area contributed by atoms with Crippen LogP contribution in [0.1, 0.15) is 13.3 Å². The Morgan fingerprint density at radius 1 is 1.57 bits per heavy atom. The van der Waals surface area contributed by atoms with Crippen molar-refractivity contribution >= 4 is 16.0 Å². The third-order valence-electron chi connectivity index (χ3n) is 1.63. The molecule has 1 atom stereocenters. The van der Waals surface area contributed by atoms with E-state index in [1.165, 1.54) is 0 Å². The summed E-state index contributed by atoms with van der Waals surface area (Å²) in [7, 11) is -2.47. The molecular formula is C7H16N2O4S. The van der Waals surface area contributed by atoms with Crippen LogP contribution in [-0.2, 0) is 19.6 Å². The van der Waals surface area contributed by atoms with Crippen molar-refractivity contribution in [1.82, 2.24) is 4.72 Å². The first kappa shape index (κ1) is 13.3. The molecule has 84 valence electrons. The van der Waals surface area contributed by atoms with E-state index < -0.39 is 21.7 Å². The van der Waals surface area contributed by atoms with Gasteiger partial charge >= 0.3 is 5.97 Å². The Balaban J connectivity index is 4.03. The molecule has 0 bridgehead atoms. The first-order valence-electron chi connectivity index (χ1n) is 4.21. The lowest BCUT2D eigenvalue weighted by atomic mass is 10.2. The molecule has 7 heteroatoms. The van der Waals surface area contributed by atoms with Gasteiger partial charge in [0, 0.05) is 12.6 Å². The van der Waals surface area contributed by atoms with E-state index in [-0.39, 0.29) is 12.6 Å². The Labute approximate surface area is 83.9 Å². The minimum Gasteiger partial charge on any atom is -0.468 e. The Morgan fingerprint density at radius 3 is 2.57 bits per heavy atom. The molecule has 0 saturated heterocycles. The molecule has 1 unspecified atom stereocenters. The van der Waals surface area contributed by atoms with Crippen molar-refractivity contribution in [3.8, 4) is 0 Å². The number of sulfonamides is 1. The lowest BCUT2D eigenvalue weighted by Crippen LogP contribution is -2.39. The summed E-state index contributed by atoms with van der Waals surface area (Å²) in [6.45, 7) is 1.98. The molecule has 6 nitrogen and oxygen atoms in total. The van der Waals surface area contributed by atoms with Crippen LogP contribution in [0, 0.1) is 0 Å². The summed E-state index contributed by atoms with van der Waals surface area (Å²) in [5.41, 5.74) is 5.50. The fourth-order valence-corrected chi connectivity index (χ4v) is 1.64. The maximum Gasteiger partial charge on any atom is 0.322 e. The van der Waals surface area contributed by atoms with Gasteiger partial charge in [-0.25, -0.2) is 13.1 Å². The fourth-order valence-electron chi connectivity index (χ4n) is 0.643. The maximum atomic E-state index is 11.2. The van der Waals surface area contributed by atoms with Gasteiger partial charge in [0.2, 0.25) is 10.0 Å². The molecule has 0 spiro atoms. The zero-order chi connectivity index (χ0) is 11.2. The number of carbonyl (C=O) groups is 1. The van der Waals surface area contributed by atoms with Gasteiger partial charge in [0.15, 0.2) is 5.75 Å². The highest BCUT2D eigenvalue weighted by Crippen LogP contribution is 1.89. The number of methoxy groups -OCH3 is 1. The maximum absolute atomic E-state index is 11.2. The minimum absolute atomic E-state index is 0.135. The third-order valence-corrected chi connectivity index (χ3v) is 2.85. The third kappa shape index (κ3) is 5.90. The number of nitrogens with one attached hydrogen (secondary N) is 1. The van der Waals surface area contributed by atoms with Crippen molar-refractivity contribution in [1.29, 1.82) is 0 Å². The summed E-state index contributed by atoms with van der Waals surface area (Å²) >= 11 is 0. The normalized spacial score (nSPS) is 13.6. The second kappa shape index (κ2) is 5.94. The van der Waals surface area contributed by atoms with E-state index >= 15 is 0 Å². The molecular weight excluding hydrogens is 208 g/mol. The topological polar surface area (TPSA) is 98.5 Å². The lowest BCUT2D eigenvalue weighted by Gasteiger charge is -2.09. The summed E-state index contributed by atoms with van der Waals surface area (Å²) in [5.74, 6) is -1.46. The SMILES string of the molecule is CCC(N)CNS(=O)(=O)CC(=O)OC. The number of nitrogens with two attached hydrogens (primary N) is 1. The highest BCUT2D eigenvalue weighted by molar-refractivity contribution is 7.90. The Bertz CT molecular complexity index is 275. The average molecular weight is 224 g/mol. The highest BCUT2D eigenvalue weighted by atomic mass is 32.2. The standard InChI is InChI=1S/C7H16N2O4S/c1-3-6(8)4-9-14(11,12)5-7(10)13-2/h6,9H,3-5,8H2,1-2H3. The van der Waals surface area contributed by atoms with Gasteiger partial charge in [-0.2, -0.15) is 0 Å². The number of hydrogen-bond acceptors (Lipinski definition) is 5. The molecule has 14 heavy (non-hydrogen) atoms. The minimum atomic E-state index is -3.60. The molecule has 0 radical (unpaired) electrons. The van der Waals surface area contributed by atoms with Crippen LogP contribution in [0.15, 0.2) is 0 Å². The van der Waals surface area contributed by atoms with Crippen LogP contribution in [0.5, 0.6) is 0 Å². The van der Waals surface area contributed by atoms with Crippen LogP contribution in [0.25, 0.3) is 0 Å². The Hall–Kier alpha value is -0.660. The van der Waals surface area contributed by atoms with Gasteiger partial charge in [0.1, 0.15) is 0 Å². The van der Waals surface area contributed by atoms with Crippen molar-refractivity contribution < 1.29 is 17.9 Å². The summed E-state index contributed by atoms with van der Waals surface area (Å²) in [6, 6.07) is -0.234. The molecule has 0 aliphatic carbocycles. The van der Waals surface area contributed by atoms with Crippen LogP contribution in [0.4, 0.5) is 0 Å². The molecule has 0 aromatic heterocycles. The average Bonchev–Trinajstić information content (AvgIpc) is 2.13. The Kier molecular flexibility index (Phi) is 5.66. The first-order chi connectivity index (χ1) is 6.41. The predicted octanol–water partition coefficient (Wildman–Crippen LogP) is -1.18. The van der Waals surface area contributed by atoms with Crippen LogP contribution in [0.3, 0.4) is 0 Å². The molecule has 0 aromatic rings. The van der Waals surface area contributed by atoms with E-state index in [1.54, 1.807) is 0 Å². The molecule has 0 saturated carbocycles. The van der Waals surface area contributed by atoms with E-state index in [1.807, 2.05) is 6.92 Å². The summed E-state index contributed by atoms with van der Waals surface area (Å²) < 4.78 is 28.8. The van der Waals surface area contributed by atoms with Crippen molar-refractivity contribution in [3.05, 3.63) is 0 Å². The molecule has 0 rings (SSSR count). The van der Waals surface area contributed by atoms with Gasteiger partial charge in [-0.15, -0.1) is 0 Å². The molecule has 0 amide bonds. The molecule has 0 aromatic carbocycles. The predicted molar refractivity (Wildman–Crippen MR) is 52.1 cm³/mol. The number of esters is 1. The molecule has 0 fully saturated rings. The summed E-state index contributed by atoms with van der Waals surface area (Å²) in [6.07, 6.45) is 0.667. The molecule has 0 heterocycles. The lowest BCUT2D eigenvalue weighted by molar-refractivity contribution is -0.137. The van der Waals surface area contributed by atoms with Crippen LogP contribution >= 0.6 is 0 Å². The van der Waals surface area contributed by atoms with Crippen LogP contribution in [0.2, 0.25) is 0 Å². The van der Waals surface area contributed by atoms with Crippen LogP contribution < -0.4 is 10.5 Å². The van der Waals surface area contributed by atoms with Crippen molar-refractivity contribution in [2.24, 2.45) is 5.73 Å². The quantitative estimate of drug-likeness (QED) is 0.553. The van der Waals surface area contributed by atoms with Crippen molar-refractivity contribution in [3.63, 3.8) is 0 Å². The van der Waals surface area contributed by atoms with Crippen molar-refractivity contribution in [2.75, 3.05) is 19.4 Å². The smallest absolute Gasteiger partial charge is 0.322 e. The zero-order valence-corrected chi connectivity index (χ0v) is 9.13. The largest absolute Gasteiger partial charge is 0.468 e. The molecule has 0 aliphatic heterocycles. The molecule has 0 aliphatic rings. The van der Waals surface area contributed by atoms with Gasteiger partial charge < -0.3 is 10.5 Å². The van der Waals surface area contributed by atoms with E-state index in [4.69, 9.17) is 5.73 Å². The second-order valence-corrected chi connectivity index (χ2v) is 4.66. The number of carbonyl (C=O) groups excluding carboxylic acids is 1. The van der Waals surface area contributed by atoms with E-state index in [0.717, 1.165) is 7.11 Å². The van der Waals surface area contributed by atoms with E-state index in [0.29, 0.717) is 6.42 Å². The summed E-state index contributed by atoms with van der Waals surface area (Å²) in [4.78, 5) is 10.7. The summed E-state index contributed by atoms with van der Waals surface area (Å²) in [5, 5.41) is 0.